The van der Waals surface area contributed by atoms with E-state index in [1.54, 1.807) is 24.7 Å². The minimum Gasteiger partial charge on any atom is -0.194 e. The molecule has 0 amide bonds. The fourth-order valence-corrected chi connectivity index (χ4v) is 7.13. The predicted octanol–water partition coefficient (Wildman–Crippen LogP) is 6.33. The van der Waals surface area contributed by atoms with Gasteiger partial charge in [-0.2, -0.15) is 26.3 Å². The van der Waals surface area contributed by atoms with Gasteiger partial charge in [0.2, 0.25) is 0 Å². The maximum Gasteiger partial charge on any atom is 0.380 e. The molecular weight excluding hydrogens is 382 g/mol. The van der Waals surface area contributed by atoms with Crippen LogP contribution >= 0.6 is 23.5 Å². The summed E-state index contributed by atoms with van der Waals surface area (Å²) < 4.78 is 85.0. The molecule has 2 aliphatic heterocycles. The molecule has 4 aliphatic rings. The smallest absolute Gasteiger partial charge is 0.194 e. The summed E-state index contributed by atoms with van der Waals surface area (Å²) in [5.41, 5.74) is -1.80. The molecule has 8 heteroatoms. The summed E-state index contributed by atoms with van der Waals surface area (Å²) >= 11 is 2.47. The molecule has 0 aromatic heterocycles. The summed E-state index contributed by atoms with van der Waals surface area (Å²) in [5.74, 6) is -15.3. The van der Waals surface area contributed by atoms with E-state index in [0.717, 1.165) is 0 Å². The van der Waals surface area contributed by atoms with E-state index in [2.05, 4.69) is 0 Å². The molecule has 0 saturated heterocycles. The van der Waals surface area contributed by atoms with Crippen LogP contribution in [0.4, 0.5) is 26.3 Å². The fourth-order valence-electron chi connectivity index (χ4n) is 4.36. The van der Waals surface area contributed by atoms with Crippen LogP contribution in [0, 0.1) is 0 Å². The molecule has 0 N–H and O–H groups in total. The monoisotopic (exact) mass is 396 g/mol. The van der Waals surface area contributed by atoms with Crippen LogP contribution in [0.3, 0.4) is 0 Å². The van der Waals surface area contributed by atoms with Gasteiger partial charge < -0.3 is 0 Å². The molecule has 4 rings (SSSR count). The average molecular weight is 396 g/mol. The summed E-state index contributed by atoms with van der Waals surface area (Å²) in [7, 11) is 0. The van der Waals surface area contributed by atoms with Crippen molar-refractivity contribution in [3.05, 3.63) is 44.3 Å². The SMILES string of the molecule is CC1=CSC2(C)C1=C1C(=C3C(C)=CSC32C)C(F)(F)C(F)(F)C1(F)F. The Bertz CT molecular complexity index is 779. The molecule has 0 spiro atoms. The molecule has 2 atom stereocenters. The van der Waals surface area contributed by atoms with E-state index in [4.69, 9.17) is 0 Å². The van der Waals surface area contributed by atoms with Gasteiger partial charge in [0.25, 0.3) is 0 Å². The Morgan fingerprint density at radius 2 is 0.960 bits per heavy atom. The third kappa shape index (κ3) is 1.55. The first kappa shape index (κ1) is 17.6. The number of thioether (sulfide) groups is 2. The lowest BCUT2D eigenvalue weighted by Crippen LogP contribution is -2.49. The van der Waals surface area contributed by atoms with Gasteiger partial charge >= 0.3 is 17.8 Å². The largest absolute Gasteiger partial charge is 0.380 e. The Morgan fingerprint density at radius 3 is 1.28 bits per heavy atom. The average Bonchev–Trinajstić information content (AvgIpc) is 3.00. The molecule has 0 nitrogen and oxygen atoms in total. The highest BCUT2D eigenvalue weighted by atomic mass is 32.2. The topological polar surface area (TPSA) is 0 Å². The molecule has 1 saturated carbocycles. The number of alkyl halides is 6. The lowest BCUT2D eigenvalue weighted by molar-refractivity contribution is -0.258. The number of halogens is 6. The standard InChI is InChI=1S/C17H14F6S2/c1-7-5-24-13(3)9(7)11-12(10-8(2)6-25-14(10,13)4)16(20,21)17(22,23)15(11,18)19/h5-6H,1-4H3. The Kier molecular flexibility index (Phi) is 3.09. The minimum atomic E-state index is -5.46. The van der Waals surface area contributed by atoms with Gasteiger partial charge in [-0.15, -0.1) is 23.5 Å². The van der Waals surface area contributed by atoms with Crippen molar-refractivity contribution in [2.45, 2.75) is 55.0 Å². The number of hydrogen-bond donors (Lipinski definition) is 0. The van der Waals surface area contributed by atoms with Crippen molar-refractivity contribution in [3.63, 3.8) is 0 Å². The Balaban J connectivity index is 2.23. The van der Waals surface area contributed by atoms with Crippen LogP contribution in [0.15, 0.2) is 44.3 Å². The van der Waals surface area contributed by atoms with Crippen molar-refractivity contribution >= 4 is 23.5 Å². The maximum atomic E-state index is 14.7. The number of rotatable bonds is 0. The van der Waals surface area contributed by atoms with Crippen molar-refractivity contribution in [1.82, 2.24) is 0 Å². The molecule has 1 fully saturated rings. The first-order chi connectivity index (χ1) is 11.2. The van der Waals surface area contributed by atoms with Gasteiger partial charge in [-0.1, -0.05) is 0 Å². The normalized spacial score (nSPS) is 39.9. The summed E-state index contributed by atoms with van der Waals surface area (Å²) in [5, 5.41) is 3.21. The lowest BCUT2D eigenvalue weighted by atomic mass is 9.68. The van der Waals surface area contributed by atoms with Crippen molar-refractivity contribution in [2.24, 2.45) is 0 Å². The first-order valence-corrected chi connectivity index (χ1v) is 9.35. The second-order valence-electron chi connectivity index (χ2n) is 7.13. The van der Waals surface area contributed by atoms with Crippen molar-refractivity contribution in [3.8, 4) is 0 Å². The van der Waals surface area contributed by atoms with E-state index >= 15 is 0 Å². The second kappa shape index (κ2) is 4.38. The number of hydrogen-bond acceptors (Lipinski definition) is 2. The zero-order chi connectivity index (χ0) is 18.8. The van der Waals surface area contributed by atoms with E-state index in [-0.39, 0.29) is 11.1 Å². The Labute approximate surface area is 149 Å². The molecule has 136 valence electrons. The minimum absolute atomic E-state index is 0.0730. The first-order valence-electron chi connectivity index (χ1n) is 7.59. The summed E-state index contributed by atoms with van der Waals surface area (Å²) in [6.07, 6.45) is 0. The van der Waals surface area contributed by atoms with Gasteiger partial charge in [0.15, 0.2) is 0 Å². The third-order valence-corrected chi connectivity index (χ3v) is 9.00. The molecule has 0 radical (unpaired) electrons. The zero-order valence-electron chi connectivity index (χ0n) is 13.7. The quantitative estimate of drug-likeness (QED) is 0.439. The van der Waals surface area contributed by atoms with Crippen LogP contribution in [0.2, 0.25) is 0 Å². The van der Waals surface area contributed by atoms with Crippen LogP contribution in [0.25, 0.3) is 0 Å². The van der Waals surface area contributed by atoms with Gasteiger partial charge in [0.1, 0.15) is 0 Å². The van der Waals surface area contributed by atoms with E-state index in [0.29, 0.717) is 11.1 Å². The number of allylic oxidation sites excluding steroid dienone is 4. The van der Waals surface area contributed by atoms with Crippen LogP contribution in [0.5, 0.6) is 0 Å². The summed E-state index contributed by atoms with van der Waals surface area (Å²) in [4.78, 5) is 0. The van der Waals surface area contributed by atoms with Gasteiger partial charge in [-0.25, -0.2) is 0 Å². The molecule has 0 aromatic rings. The third-order valence-electron chi connectivity index (χ3n) is 5.76. The van der Waals surface area contributed by atoms with Gasteiger partial charge in [0.05, 0.1) is 9.49 Å². The van der Waals surface area contributed by atoms with Gasteiger partial charge in [-0.05, 0) is 60.8 Å². The lowest BCUT2D eigenvalue weighted by Gasteiger charge is -2.47. The van der Waals surface area contributed by atoms with Crippen LogP contribution in [0.1, 0.15) is 27.7 Å². The molecule has 2 aliphatic carbocycles. The van der Waals surface area contributed by atoms with Gasteiger partial charge in [0, 0.05) is 11.1 Å². The molecule has 2 unspecified atom stereocenters. The molecule has 0 bridgehead atoms. The number of fused-ring (bicyclic) bond motifs is 4. The Morgan fingerprint density at radius 1 is 0.640 bits per heavy atom. The van der Waals surface area contributed by atoms with Crippen LogP contribution < -0.4 is 0 Å². The summed E-state index contributed by atoms with van der Waals surface area (Å²) in [6, 6.07) is 0. The van der Waals surface area contributed by atoms with Crippen LogP contribution in [-0.4, -0.2) is 27.3 Å². The van der Waals surface area contributed by atoms with Crippen molar-refractivity contribution in [1.29, 1.82) is 0 Å². The maximum absolute atomic E-state index is 14.7. The van der Waals surface area contributed by atoms with E-state index < -0.39 is 38.4 Å². The second-order valence-corrected chi connectivity index (χ2v) is 9.70. The molecule has 25 heavy (non-hydrogen) atoms. The van der Waals surface area contributed by atoms with Crippen molar-refractivity contribution in [2.75, 3.05) is 0 Å². The van der Waals surface area contributed by atoms with E-state index in [1.807, 2.05) is 0 Å². The predicted molar refractivity (Wildman–Crippen MR) is 88.4 cm³/mol. The highest BCUT2D eigenvalue weighted by Gasteiger charge is 2.84. The van der Waals surface area contributed by atoms with Crippen molar-refractivity contribution < 1.29 is 26.3 Å². The molecule has 0 aromatic carbocycles. The van der Waals surface area contributed by atoms with E-state index in [9.17, 15) is 26.3 Å². The molecule has 2 heterocycles. The highest BCUT2D eigenvalue weighted by molar-refractivity contribution is 8.08. The highest BCUT2D eigenvalue weighted by Crippen LogP contribution is 2.74. The van der Waals surface area contributed by atoms with Gasteiger partial charge in [-0.3, -0.25) is 0 Å². The molecular formula is C17H14F6S2. The fraction of sp³-hybridized carbons (Fsp3) is 0.529. The van der Waals surface area contributed by atoms with Crippen LogP contribution in [-0.2, 0) is 0 Å². The van der Waals surface area contributed by atoms with E-state index in [1.165, 1.54) is 37.4 Å². The zero-order valence-corrected chi connectivity index (χ0v) is 15.4. The summed E-state index contributed by atoms with van der Waals surface area (Å²) in [6.45, 7) is 6.37. The Hall–Kier alpha value is -0.760.